The lowest BCUT2D eigenvalue weighted by atomic mass is 10.2. The molecule has 0 saturated heterocycles. The van der Waals surface area contributed by atoms with Crippen molar-refractivity contribution < 1.29 is 14.3 Å². The average molecular weight is 272 g/mol. The van der Waals surface area contributed by atoms with Gasteiger partial charge in [0.05, 0.1) is 6.61 Å². The highest BCUT2D eigenvalue weighted by Gasteiger charge is 2.18. The molecule has 0 spiro atoms. The Morgan fingerprint density at radius 3 is 2.83 bits per heavy atom. The predicted molar refractivity (Wildman–Crippen MR) is 70.9 cm³/mol. The van der Waals surface area contributed by atoms with Crippen molar-refractivity contribution in [1.82, 2.24) is 5.32 Å². The van der Waals surface area contributed by atoms with E-state index < -0.39 is 6.10 Å². The summed E-state index contributed by atoms with van der Waals surface area (Å²) in [5, 5.41) is 3.62. The number of halogens is 1. The minimum absolute atomic E-state index is 0.339. The van der Waals surface area contributed by atoms with E-state index in [0.29, 0.717) is 23.9 Å². The first kappa shape index (κ1) is 14.8. The summed E-state index contributed by atoms with van der Waals surface area (Å²) in [7, 11) is 1.82. The summed E-state index contributed by atoms with van der Waals surface area (Å²) in [5.41, 5.74) is 0.831. The third-order valence-electron chi connectivity index (χ3n) is 2.35. The maximum absolute atomic E-state index is 11.5. The van der Waals surface area contributed by atoms with E-state index >= 15 is 0 Å². The molecule has 18 heavy (non-hydrogen) atoms. The highest BCUT2D eigenvalue weighted by atomic mass is 35.5. The molecule has 0 heterocycles. The van der Waals surface area contributed by atoms with E-state index in [4.69, 9.17) is 21.1 Å². The molecular formula is C13H18ClNO3. The van der Waals surface area contributed by atoms with Gasteiger partial charge in [-0.05, 0) is 33.0 Å². The number of carbonyl (C=O) groups excluding carboxylic acids is 1. The number of nitrogens with one attached hydrogen (secondary N) is 1. The molecule has 0 bridgehead atoms. The molecule has 0 saturated carbocycles. The zero-order valence-electron chi connectivity index (χ0n) is 10.8. The molecule has 5 heteroatoms. The molecule has 1 aromatic carbocycles. The number of hydrogen-bond acceptors (Lipinski definition) is 4. The zero-order chi connectivity index (χ0) is 13.5. The van der Waals surface area contributed by atoms with Crippen LogP contribution in [0.4, 0.5) is 0 Å². The van der Waals surface area contributed by atoms with Gasteiger partial charge in [0.1, 0.15) is 5.75 Å². The normalized spacial score (nSPS) is 12.0. The molecular weight excluding hydrogens is 254 g/mol. The Labute approximate surface area is 112 Å². The summed E-state index contributed by atoms with van der Waals surface area (Å²) in [6, 6.07) is 5.36. The van der Waals surface area contributed by atoms with Crippen molar-refractivity contribution in [3.63, 3.8) is 0 Å². The van der Waals surface area contributed by atoms with Gasteiger partial charge >= 0.3 is 5.97 Å². The molecule has 1 N–H and O–H groups in total. The number of carbonyl (C=O) groups is 1. The van der Waals surface area contributed by atoms with Crippen LogP contribution in [0.25, 0.3) is 0 Å². The van der Waals surface area contributed by atoms with Crippen molar-refractivity contribution in [3.8, 4) is 5.75 Å². The lowest BCUT2D eigenvalue weighted by Crippen LogP contribution is -2.26. The van der Waals surface area contributed by atoms with Gasteiger partial charge in [-0.15, -0.1) is 0 Å². The van der Waals surface area contributed by atoms with Gasteiger partial charge in [-0.3, -0.25) is 0 Å². The fourth-order valence-electron chi connectivity index (χ4n) is 1.50. The van der Waals surface area contributed by atoms with Crippen molar-refractivity contribution in [2.24, 2.45) is 0 Å². The molecule has 1 unspecified atom stereocenters. The van der Waals surface area contributed by atoms with Crippen LogP contribution in [0, 0.1) is 0 Å². The van der Waals surface area contributed by atoms with Gasteiger partial charge < -0.3 is 14.8 Å². The van der Waals surface area contributed by atoms with Gasteiger partial charge in [0.25, 0.3) is 0 Å². The fourth-order valence-corrected chi connectivity index (χ4v) is 1.73. The molecule has 0 amide bonds. The largest absolute Gasteiger partial charge is 0.479 e. The second-order valence-electron chi connectivity index (χ2n) is 3.76. The van der Waals surface area contributed by atoms with Crippen LogP contribution < -0.4 is 10.1 Å². The van der Waals surface area contributed by atoms with Crippen molar-refractivity contribution in [2.45, 2.75) is 26.5 Å². The third kappa shape index (κ3) is 3.89. The van der Waals surface area contributed by atoms with E-state index in [9.17, 15) is 4.79 Å². The van der Waals surface area contributed by atoms with E-state index in [1.54, 1.807) is 32.0 Å². The first-order valence-electron chi connectivity index (χ1n) is 5.85. The van der Waals surface area contributed by atoms with Crippen LogP contribution in [-0.2, 0) is 16.1 Å². The molecule has 0 aliphatic heterocycles. The van der Waals surface area contributed by atoms with Crippen molar-refractivity contribution in [3.05, 3.63) is 28.8 Å². The lowest BCUT2D eigenvalue weighted by Gasteiger charge is -2.17. The minimum Gasteiger partial charge on any atom is -0.479 e. The van der Waals surface area contributed by atoms with Crippen LogP contribution in [-0.4, -0.2) is 25.7 Å². The predicted octanol–water partition coefficient (Wildman–Crippen LogP) is 2.39. The highest BCUT2D eigenvalue weighted by Crippen LogP contribution is 2.27. The molecule has 0 radical (unpaired) electrons. The molecule has 4 nitrogen and oxygen atoms in total. The summed E-state index contributed by atoms with van der Waals surface area (Å²) in [5.74, 6) is 0.213. The Bertz CT molecular complexity index is 409. The molecule has 1 aromatic rings. The number of ether oxygens (including phenoxy) is 2. The molecule has 1 atom stereocenters. The summed E-state index contributed by atoms with van der Waals surface area (Å²) in [4.78, 5) is 11.5. The Morgan fingerprint density at radius 1 is 1.50 bits per heavy atom. The van der Waals surface area contributed by atoms with Crippen LogP contribution >= 0.6 is 11.6 Å². The Hall–Kier alpha value is -1.26. The summed E-state index contributed by atoms with van der Waals surface area (Å²) < 4.78 is 10.5. The average Bonchev–Trinajstić information content (AvgIpc) is 2.34. The molecule has 0 aromatic heterocycles. The third-order valence-corrected chi connectivity index (χ3v) is 2.71. The smallest absolute Gasteiger partial charge is 0.347 e. The zero-order valence-corrected chi connectivity index (χ0v) is 11.6. The van der Waals surface area contributed by atoms with Gasteiger partial charge in [-0.1, -0.05) is 17.7 Å². The number of hydrogen-bond donors (Lipinski definition) is 1. The van der Waals surface area contributed by atoms with Crippen LogP contribution in [0.1, 0.15) is 19.4 Å². The van der Waals surface area contributed by atoms with E-state index in [1.807, 2.05) is 7.05 Å². The Morgan fingerprint density at radius 2 is 2.22 bits per heavy atom. The summed E-state index contributed by atoms with van der Waals surface area (Å²) in [6.45, 7) is 4.33. The van der Waals surface area contributed by atoms with Crippen molar-refractivity contribution in [2.75, 3.05) is 13.7 Å². The number of benzene rings is 1. The molecule has 0 aliphatic rings. The van der Waals surface area contributed by atoms with Gasteiger partial charge in [0, 0.05) is 17.1 Å². The molecule has 100 valence electrons. The topological polar surface area (TPSA) is 47.6 Å². The molecule has 1 rings (SSSR count). The standard InChI is InChI=1S/C13H18ClNO3/c1-4-17-13(16)9(2)18-12-7-5-6-11(14)10(12)8-15-3/h5-7,9,15H,4,8H2,1-3H3. The lowest BCUT2D eigenvalue weighted by molar-refractivity contribution is -0.150. The SMILES string of the molecule is CCOC(=O)C(C)Oc1cccc(Cl)c1CNC. The Balaban J connectivity index is 2.83. The number of esters is 1. The Kier molecular flexibility index (Phi) is 5.95. The van der Waals surface area contributed by atoms with E-state index in [1.165, 1.54) is 0 Å². The quantitative estimate of drug-likeness (QED) is 0.807. The van der Waals surface area contributed by atoms with Crippen LogP contribution in [0.3, 0.4) is 0 Å². The van der Waals surface area contributed by atoms with E-state index in [0.717, 1.165) is 5.56 Å². The van der Waals surface area contributed by atoms with Crippen molar-refractivity contribution in [1.29, 1.82) is 0 Å². The second-order valence-corrected chi connectivity index (χ2v) is 4.17. The van der Waals surface area contributed by atoms with Crippen LogP contribution in [0.2, 0.25) is 5.02 Å². The monoisotopic (exact) mass is 271 g/mol. The maximum atomic E-state index is 11.5. The summed E-state index contributed by atoms with van der Waals surface area (Å²) >= 11 is 6.10. The first-order valence-corrected chi connectivity index (χ1v) is 6.23. The van der Waals surface area contributed by atoms with E-state index in [-0.39, 0.29) is 5.97 Å². The highest BCUT2D eigenvalue weighted by molar-refractivity contribution is 6.31. The van der Waals surface area contributed by atoms with Gasteiger partial charge in [0.15, 0.2) is 6.10 Å². The second kappa shape index (κ2) is 7.24. The summed E-state index contributed by atoms with van der Waals surface area (Å²) in [6.07, 6.45) is -0.654. The van der Waals surface area contributed by atoms with Crippen LogP contribution in [0.5, 0.6) is 5.75 Å². The maximum Gasteiger partial charge on any atom is 0.347 e. The van der Waals surface area contributed by atoms with Gasteiger partial charge in [0.2, 0.25) is 0 Å². The first-order chi connectivity index (χ1) is 8.60. The van der Waals surface area contributed by atoms with Crippen molar-refractivity contribution >= 4 is 17.6 Å². The minimum atomic E-state index is -0.654. The molecule has 0 fully saturated rings. The molecule has 0 aliphatic carbocycles. The fraction of sp³-hybridized carbons (Fsp3) is 0.462. The van der Waals surface area contributed by atoms with Crippen LogP contribution in [0.15, 0.2) is 18.2 Å². The van der Waals surface area contributed by atoms with Gasteiger partial charge in [-0.2, -0.15) is 0 Å². The number of rotatable bonds is 6. The van der Waals surface area contributed by atoms with Gasteiger partial charge in [-0.25, -0.2) is 4.79 Å². The van der Waals surface area contributed by atoms with E-state index in [2.05, 4.69) is 5.32 Å².